The SMILES string of the molecule is CCOC1CC(CC(NC)c2ccc(OC)c(F)c2)C1. The summed E-state index contributed by atoms with van der Waals surface area (Å²) in [5, 5.41) is 3.28. The number of nitrogens with one attached hydrogen (secondary N) is 1. The molecular formula is C16H24FNO2. The summed E-state index contributed by atoms with van der Waals surface area (Å²) in [6, 6.07) is 5.38. The van der Waals surface area contributed by atoms with Crippen LogP contribution in [-0.2, 0) is 4.74 Å². The maximum atomic E-state index is 13.8. The third kappa shape index (κ3) is 3.49. The van der Waals surface area contributed by atoms with Crippen LogP contribution in [0.25, 0.3) is 0 Å². The zero-order chi connectivity index (χ0) is 14.5. The Morgan fingerprint density at radius 3 is 2.70 bits per heavy atom. The topological polar surface area (TPSA) is 30.5 Å². The lowest BCUT2D eigenvalue weighted by atomic mass is 9.77. The molecule has 1 aliphatic rings. The molecule has 0 aromatic heterocycles. The molecule has 1 aliphatic carbocycles. The predicted octanol–water partition coefficient (Wildman–Crippen LogP) is 3.30. The van der Waals surface area contributed by atoms with Crippen LogP contribution in [0.1, 0.15) is 37.8 Å². The van der Waals surface area contributed by atoms with Gasteiger partial charge < -0.3 is 14.8 Å². The molecule has 0 aliphatic heterocycles. The van der Waals surface area contributed by atoms with Crippen LogP contribution in [0.4, 0.5) is 4.39 Å². The van der Waals surface area contributed by atoms with Crippen LogP contribution in [0, 0.1) is 11.7 Å². The van der Waals surface area contributed by atoms with Crippen molar-refractivity contribution in [2.75, 3.05) is 20.8 Å². The Morgan fingerprint density at radius 2 is 2.15 bits per heavy atom. The second-order valence-electron chi connectivity index (χ2n) is 5.39. The van der Waals surface area contributed by atoms with E-state index in [9.17, 15) is 4.39 Å². The van der Waals surface area contributed by atoms with Gasteiger partial charge in [-0.05, 0) is 56.8 Å². The van der Waals surface area contributed by atoms with Crippen molar-refractivity contribution in [2.45, 2.75) is 38.3 Å². The highest BCUT2D eigenvalue weighted by Gasteiger charge is 2.31. The number of rotatable bonds is 7. The van der Waals surface area contributed by atoms with E-state index in [2.05, 4.69) is 5.32 Å². The highest BCUT2D eigenvalue weighted by Crippen LogP contribution is 2.37. The summed E-state index contributed by atoms with van der Waals surface area (Å²) in [5.41, 5.74) is 0.977. The van der Waals surface area contributed by atoms with Gasteiger partial charge in [0.2, 0.25) is 0 Å². The molecule has 0 amide bonds. The zero-order valence-corrected chi connectivity index (χ0v) is 12.5. The molecule has 1 atom stereocenters. The van der Waals surface area contributed by atoms with Crippen molar-refractivity contribution < 1.29 is 13.9 Å². The van der Waals surface area contributed by atoms with Crippen molar-refractivity contribution in [1.29, 1.82) is 0 Å². The Labute approximate surface area is 120 Å². The first-order valence-corrected chi connectivity index (χ1v) is 7.30. The van der Waals surface area contributed by atoms with Crippen LogP contribution in [0.2, 0.25) is 0 Å². The van der Waals surface area contributed by atoms with Gasteiger partial charge in [-0.3, -0.25) is 0 Å². The second kappa shape index (κ2) is 7.04. The standard InChI is InChI=1S/C16H24FNO2/c1-4-20-13-7-11(8-13)9-15(18-2)12-5-6-16(19-3)14(17)10-12/h5-6,10-11,13,15,18H,4,7-9H2,1-3H3. The van der Waals surface area contributed by atoms with E-state index in [4.69, 9.17) is 9.47 Å². The van der Waals surface area contributed by atoms with Crippen LogP contribution >= 0.6 is 0 Å². The van der Waals surface area contributed by atoms with Crippen LogP contribution in [-0.4, -0.2) is 26.9 Å². The summed E-state index contributed by atoms with van der Waals surface area (Å²) < 4.78 is 24.3. The molecular weight excluding hydrogens is 257 g/mol. The van der Waals surface area contributed by atoms with E-state index >= 15 is 0 Å². The maximum Gasteiger partial charge on any atom is 0.165 e. The normalized spacial score (nSPS) is 23.2. The third-order valence-corrected chi connectivity index (χ3v) is 4.09. The number of ether oxygens (including phenoxy) is 2. The fourth-order valence-electron chi connectivity index (χ4n) is 2.89. The summed E-state index contributed by atoms with van der Waals surface area (Å²) >= 11 is 0. The maximum absolute atomic E-state index is 13.8. The molecule has 1 saturated carbocycles. The number of benzene rings is 1. The fraction of sp³-hybridized carbons (Fsp3) is 0.625. The molecule has 1 unspecified atom stereocenters. The Kier molecular flexibility index (Phi) is 5.38. The molecule has 1 N–H and O–H groups in total. The van der Waals surface area contributed by atoms with E-state index in [0.717, 1.165) is 31.4 Å². The van der Waals surface area contributed by atoms with Gasteiger partial charge >= 0.3 is 0 Å². The summed E-state index contributed by atoms with van der Waals surface area (Å²) in [4.78, 5) is 0. The van der Waals surface area contributed by atoms with Gasteiger partial charge in [-0.2, -0.15) is 0 Å². The number of hydrogen-bond acceptors (Lipinski definition) is 3. The van der Waals surface area contributed by atoms with E-state index < -0.39 is 0 Å². The van der Waals surface area contributed by atoms with Crippen LogP contribution in [0.5, 0.6) is 5.75 Å². The first kappa shape index (κ1) is 15.3. The van der Waals surface area contributed by atoms with E-state index in [0.29, 0.717) is 17.8 Å². The van der Waals surface area contributed by atoms with Crippen molar-refractivity contribution in [3.8, 4) is 5.75 Å². The van der Waals surface area contributed by atoms with E-state index in [1.165, 1.54) is 7.11 Å². The minimum absolute atomic E-state index is 0.183. The lowest BCUT2D eigenvalue weighted by Gasteiger charge is -2.37. The van der Waals surface area contributed by atoms with Crippen LogP contribution in [0.15, 0.2) is 18.2 Å². The molecule has 2 rings (SSSR count). The van der Waals surface area contributed by atoms with E-state index in [1.807, 2.05) is 20.0 Å². The molecule has 20 heavy (non-hydrogen) atoms. The lowest BCUT2D eigenvalue weighted by Crippen LogP contribution is -2.34. The molecule has 1 aromatic carbocycles. The molecule has 1 aromatic rings. The molecule has 0 heterocycles. The predicted molar refractivity (Wildman–Crippen MR) is 77.5 cm³/mol. The summed E-state index contributed by atoms with van der Waals surface area (Å²) in [6.07, 6.45) is 3.68. The van der Waals surface area contributed by atoms with Gasteiger partial charge in [-0.15, -0.1) is 0 Å². The van der Waals surface area contributed by atoms with Crippen molar-refractivity contribution >= 4 is 0 Å². The van der Waals surface area contributed by atoms with Gasteiger partial charge in [-0.25, -0.2) is 4.39 Å². The molecule has 4 heteroatoms. The first-order chi connectivity index (χ1) is 9.67. The molecule has 112 valence electrons. The summed E-state index contributed by atoms with van der Waals surface area (Å²) in [5.74, 6) is 0.656. The largest absolute Gasteiger partial charge is 0.494 e. The molecule has 3 nitrogen and oxygen atoms in total. The minimum Gasteiger partial charge on any atom is -0.494 e. The highest BCUT2D eigenvalue weighted by atomic mass is 19.1. The number of methoxy groups -OCH3 is 1. The van der Waals surface area contributed by atoms with Crippen molar-refractivity contribution in [1.82, 2.24) is 5.32 Å². The van der Waals surface area contributed by atoms with Crippen LogP contribution < -0.4 is 10.1 Å². The van der Waals surface area contributed by atoms with Gasteiger partial charge in [0.25, 0.3) is 0 Å². The Bertz CT molecular complexity index is 432. The average Bonchev–Trinajstić information content (AvgIpc) is 2.41. The average molecular weight is 281 g/mol. The Balaban J connectivity index is 1.93. The van der Waals surface area contributed by atoms with Crippen molar-refractivity contribution in [3.63, 3.8) is 0 Å². The lowest BCUT2D eigenvalue weighted by molar-refractivity contribution is -0.0289. The summed E-state index contributed by atoms with van der Waals surface area (Å²) in [7, 11) is 3.40. The van der Waals surface area contributed by atoms with E-state index in [-0.39, 0.29) is 11.9 Å². The smallest absolute Gasteiger partial charge is 0.165 e. The number of hydrogen-bond donors (Lipinski definition) is 1. The monoisotopic (exact) mass is 281 g/mol. The number of halogens is 1. The van der Waals surface area contributed by atoms with E-state index in [1.54, 1.807) is 12.1 Å². The zero-order valence-electron chi connectivity index (χ0n) is 12.5. The van der Waals surface area contributed by atoms with Gasteiger partial charge in [0.1, 0.15) is 0 Å². The quantitative estimate of drug-likeness (QED) is 0.832. The molecule has 0 radical (unpaired) electrons. The molecule has 1 fully saturated rings. The highest BCUT2D eigenvalue weighted by molar-refractivity contribution is 5.31. The van der Waals surface area contributed by atoms with Crippen molar-refractivity contribution in [2.24, 2.45) is 5.92 Å². The summed E-state index contributed by atoms with van der Waals surface area (Å²) in [6.45, 7) is 2.82. The fourth-order valence-corrected chi connectivity index (χ4v) is 2.89. The van der Waals surface area contributed by atoms with Crippen LogP contribution in [0.3, 0.4) is 0 Å². The molecule has 0 spiro atoms. The van der Waals surface area contributed by atoms with Gasteiger partial charge in [-0.1, -0.05) is 6.07 Å². The minimum atomic E-state index is -0.300. The first-order valence-electron chi connectivity index (χ1n) is 7.30. The van der Waals surface area contributed by atoms with Crippen molar-refractivity contribution in [3.05, 3.63) is 29.6 Å². The Hall–Kier alpha value is -1.13. The third-order valence-electron chi connectivity index (χ3n) is 4.09. The molecule has 0 saturated heterocycles. The van der Waals surface area contributed by atoms with Gasteiger partial charge in [0.15, 0.2) is 11.6 Å². The molecule has 0 bridgehead atoms. The second-order valence-corrected chi connectivity index (χ2v) is 5.39. The van der Waals surface area contributed by atoms with Gasteiger partial charge in [0.05, 0.1) is 13.2 Å². The Morgan fingerprint density at radius 1 is 1.40 bits per heavy atom. The van der Waals surface area contributed by atoms with Gasteiger partial charge in [0, 0.05) is 12.6 Å².